The van der Waals surface area contributed by atoms with Gasteiger partial charge in [0.2, 0.25) is 11.8 Å². The van der Waals surface area contributed by atoms with E-state index in [9.17, 15) is 9.59 Å². The largest absolute Gasteiger partial charge is 0.441 e. The van der Waals surface area contributed by atoms with E-state index >= 15 is 0 Å². The lowest BCUT2D eigenvalue weighted by molar-refractivity contribution is -0.122. The molecule has 2 aromatic carbocycles. The van der Waals surface area contributed by atoms with Crippen molar-refractivity contribution in [3.05, 3.63) is 52.8 Å². The van der Waals surface area contributed by atoms with Crippen LogP contribution in [0.15, 0.2) is 51.4 Å². The Kier molecular flexibility index (Phi) is 4.24. The molecule has 7 heteroatoms. The van der Waals surface area contributed by atoms with Crippen molar-refractivity contribution in [3.63, 3.8) is 0 Å². The lowest BCUT2D eigenvalue weighted by atomic mass is 10.1. The van der Waals surface area contributed by atoms with E-state index in [1.54, 1.807) is 17.9 Å². The first-order chi connectivity index (χ1) is 12.5. The molecule has 0 spiro atoms. The Morgan fingerprint density at radius 1 is 1.27 bits per heavy atom. The number of nitrogens with one attached hydrogen (secondary N) is 1. The van der Waals surface area contributed by atoms with E-state index in [0.717, 1.165) is 10.2 Å². The molecule has 1 aliphatic rings. The smallest absolute Gasteiger partial charge is 0.229 e. The number of oxazole rings is 1. The Balaban J connectivity index is 1.50. The van der Waals surface area contributed by atoms with Crippen molar-refractivity contribution in [1.29, 1.82) is 0 Å². The van der Waals surface area contributed by atoms with E-state index in [0.29, 0.717) is 29.2 Å². The van der Waals surface area contributed by atoms with Gasteiger partial charge in [-0.1, -0.05) is 15.9 Å². The zero-order chi connectivity index (χ0) is 18.3. The van der Waals surface area contributed by atoms with Crippen molar-refractivity contribution in [2.75, 3.05) is 16.8 Å². The minimum atomic E-state index is -0.388. The Morgan fingerprint density at radius 2 is 2.04 bits per heavy atom. The molecule has 1 aliphatic heterocycles. The van der Waals surface area contributed by atoms with Gasteiger partial charge in [0.25, 0.3) is 0 Å². The zero-order valence-electron chi connectivity index (χ0n) is 14.0. The molecule has 2 amide bonds. The first-order valence-electron chi connectivity index (χ1n) is 8.23. The number of aryl methyl sites for hydroxylation is 1. The predicted molar refractivity (Wildman–Crippen MR) is 102 cm³/mol. The van der Waals surface area contributed by atoms with Gasteiger partial charge in [-0.05, 0) is 42.5 Å². The molecule has 1 atom stereocenters. The van der Waals surface area contributed by atoms with Crippen LogP contribution < -0.4 is 10.2 Å². The van der Waals surface area contributed by atoms with Gasteiger partial charge in [0, 0.05) is 35.7 Å². The maximum absolute atomic E-state index is 12.5. The Morgan fingerprint density at radius 3 is 2.81 bits per heavy atom. The Hall–Kier alpha value is -2.67. The summed E-state index contributed by atoms with van der Waals surface area (Å²) in [6.07, 6.45) is 0.193. The van der Waals surface area contributed by atoms with Crippen molar-refractivity contribution < 1.29 is 14.0 Å². The van der Waals surface area contributed by atoms with Crippen LogP contribution >= 0.6 is 15.9 Å². The normalized spacial score (nSPS) is 17.1. The van der Waals surface area contributed by atoms with Crippen molar-refractivity contribution in [2.24, 2.45) is 5.92 Å². The molecule has 1 fully saturated rings. The van der Waals surface area contributed by atoms with Gasteiger partial charge in [-0.25, -0.2) is 4.98 Å². The molecule has 0 saturated carbocycles. The van der Waals surface area contributed by atoms with Gasteiger partial charge in [-0.3, -0.25) is 9.59 Å². The van der Waals surface area contributed by atoms with Crippen LogP contribution in [0.1, 0.15) is 12.3 Å². The number of anilines is 2. The number of amides is 2. The molecule has 1 aromatic heterocycles. The van der Waals surface area contributed by atoms with Crippen molar-refractivity contribution >= 4 is 50.2 Å². The van der Waals surface area contributed by atoms with Gasteiger partial charge in [-0.2, -0.15) is 0 Å². The molecule has 2 heterocycles. The Labute approximate surface area is 158 Å². The zero-order valence-corrected chi connectivity index (χ0v) is 15.6. The van der Waals surface area contributed by atoms with E-state index in [2.05, 4.69) is 26.2 Å². The number of carbonyl (C=O) groups excluding carboxylic acids is 2. The minimum absolute atomic E-state index is 0.0690. The molecule has 0 unspecified atom stereocenters. The summed E-state index contributed by atoms with van der Waals surface area (Å²) in [5.74, 6) is -0.0282. The summed E-state index contributed by atoms with van der Waals surface area (Å²) in [6, 6.07) is 12.8. The van der Waals surface area contributed by atoms with Crippen LogP contribution in [0.2, 0.25) is 0 Å². The van der Waals surface area contributed by atoms with Crippen LogP contribution in [-0.4, -0.2) is 23.3 Å². The summed E-state index contributed by atoms with van der Waals surface area (Å²) < 4.78 is 6.41. The van der Waals surface area contributed by atoms with Gasteiger partial charge in [0.1, 0.15) is 5.52 Å². The second-order valence-corrected chi connectivity index (χ2v) is 7.20. The number of hydrogen-bond acceptors (Lipinski definition) is 4. The highest BCUT2D eigenvalue weighted by Gasteiger charge is 2.35. The summed E-state index contributed by atoms with van der Waals surface area (Å²) in [4.78, 5) is 30.9. The van der Waals surface area contributed by atoms with Gasteiger partial charge in [0.05, 0.1) is 5.92 Å². The van der Waals surface area contributed by atoms with E-state index < -0.39 is 0 Å². The van der Waals surface area contributed by atoms with E-state index in [-0.39, 0.29) is 24.2 Å². The van der Waals surface area contributed by atoms with Gasteiger partial charge in [0.15, 0.2) is 11.5 Å². The van der Waals surface area contributed by atoms with E-state index in [1.807, 2.05) is 36.4 Å². The topological polar surface area (TPSA) is 75.4 Å². The fourth-order valence-electron chi connectivity index (χ4n) is 3.11. The summed E-state index contributed by atoms with van der Waals surface area (Å²) in [5.41, 5.74) is 2.83. The van der Waals surface area contributed by atoms with Crippen molar-refractivity contribution in [2.45, 2.75) is 13.3 Å². The molecule has 4 rings (SSSR count). The predicted octanol–water partition coefficient (Wildman–Crippen LogP) is 3.89. The van der Waals surface area contributed by atoms with Crippen LogP contribution in [0.4, 0.5) is 11.4 Å². The molecule has 6 nitrogen and oxygen atoms in total. The fraction of sp³-hybridized carbons (Fsp3) is 0.211. The lowest BCUT2D eigenvalue weighted by Gasteiger charge is -2.16. The molecular weight excluding hydrogens is 398 g/mol. The molecule has 1 N–H and O–H groups in total. The summed E-state index contributed by atoms with van der Waals surface area (Å²) in [6.45, 7) is 2.13. The highest BCUT2D eigenvalue weighted by molar-refractivity contribution is 9.10. The molecule has 0 bridgehead atoms. The second-order valence-electron chi connectivity index (χ2n) is 6.29. The summed E-state index contributed by atoms with van der Waals surface area (Å²) >= 11 is 3.36. The quantitative estimate of drug-likeness (QED) is 0.706. The standard InChI is InChI=1S/C19H16BrN3O3/c1-11-21-16-9-15(6-7-17(16)26-11)23-10-12(8-18(23)24)19(25)22-14-4-2-13(20)3-5-14/h2-7,9,12H,8,10H2,1H3,(H,22,25)/t12-/m0/s1. The average Bonchev–Trinajstić information content (AvgIpc) is 3.18. The molecule has 0 radical (unpaired) electrons. The third-order valence-corrected chi connectivity index (χ3v) is 4.93. The lowest BCUT2D eigenvalue weighted by Crippen LogP contribution is -2.28. The number of carbonyl (C=O) groups is 2. The highest BCUT2D eigenvalue weighted by Crippen LogP contribution is 2.29. The number of fused-ring (bicyclic) bond motifs is 1. The van der Waals surface area contributed by atoms with Crippen molar-refractivity contribution in [1.82, 2.24) is 4.98 Å². The third-order valence-electron chi connectivity index (χ3n) is 4.40. The van der Waals surface area contributed by atoms with Crippen LogP contribution in [0.3, 0.4) is 0 Å². The first-order valence-corrected chi connectivity index (χ1v) is 9.03. The van der Waals surface area contributed by atoms with Crippen LogP contribution in [0, 0.1) is 12.8 Å². The van der Waals surface area contributed by atoms with E-state index in [4.69, 9.17) is 4.42 Å². The monoisotopic (exact) mass is 413 g/mol. The highest BCUT2D eigenvalue weighted by atomic mass is 79.9. The van der Waals surface area contributed by atoms with Crippen molar-refractivity contribution in [3.8, 4) is 0 Å². The Bertz CT molecular complexity index is 997. The van der Waals surface area contributed by atoms with Crippen LogP contribution in [0.25, 0.3) is 11.1 Å². The maximum Gasteiger partial charge on any atom is 0.229 e. The maximum atomic E-state index is 12.5. The van der Waals surface area contributed by atoms with E-state index in [1.165, 1.54) is 0 Å². The fourth-order valence-corrected chi connectivity index (χ4v) is 3.37. The molecule has 26 heavy (non-hydrogen) atoms. The van der Waals surface area contributed by atoms with Gasteiger partial charge < -0.3 is 14.6 Å². The third kappa shape index (κ3) is 3.22. The minimum Gasteiger partial charge on any atom is -0.441 e. The number of nitrogens with zero attached hydrogens (tertiary/aromatic N) is 2. The van der Waals surface area contributed by atoms with Gasteiger partial charge >= 0.3 is 0 Å². The molecule has 0 aliphatic carbocycles. The second kappa shape index (κ2) is 6.57. The number of benzene rings is 2. The molecular formula is C19H16BrN3O3. The molecule has 3 aromatic rings. The number of rotatable bonds is 3. The van der Waals surface area contributed by atoms with Crippen LogP contribution in [-0.2, 0) is 9.59 Å². The average molecular weight is 414 g/mol. The molecule has 132 valence electrons. The molecule has 1 saturated heterocycles. The number of halogens is 1. The van der Waals surface area contributed by atoms with Crippen LogP contribution in [0.5, 0.6) is 0 Å². The SMILES string of the molecule is Cc1nc2cc(N3C[C@@H](C(=O)Nc4ccc(Br)cc4)CC3=O)ccc2o1. The number of aromatic nitrogens is 1. The first kappa shape index (κ1) is 16.8. The summed E-state index contributed by atoms with van der Waals surface area (Å²) in [7, 11) is 0. The number of hydrogen-bond donors (Lipinski definition) is 1. The van der Waals surface area contributed by atoms with Gasteiger partial charge in [-0.15, -0.1) is 0 Å². The summed E-state index contributed by atoms with van der Waals surface area (Å²) in [5, 5.41) is 2.87.